The number of aliphatic hydroxyl groups is 1. The molecule has 1 saturated carbocycles. The van der Waals surface area contributed by atoms with Gasteiger partial charge in [-0.2, -0.15) is 0 Å². The van der Waals surface area contributed by atoms with Gasteiger partial charge in [-0.25, -0.2) is 0 Å². The lowest BCUT2D eigenvalue weighted by molar-refractivity contribution is 0.236. The van der Waals surface area contributed by atoms with Gasteiger partial charge in [-0.15, -0.1) is 0 Å². The second-order valence-electron chi connectivity index (χ2n) is 6.35. The Hall–Kier alpha value is -1.13. The summed E-state index contributed by atoms with van der Waals surface area (Å²) in [5.74, 6) is 1.71. The van der Waals surface area contributed by atoms with Crippen LogP contribution in [-0.4, -0.2) is 21.2 Å². The maximum Gasteiger partial charge on any atom is 0.141 e. The highest BCUT2D eigenvalue weighted by atomic mass is 16.3. The molecule has 4 nitrogen and oxygen atoms in total. The third-order valence-corrected chi connectivity index (χ3v) is 4.35. The Labute approximate surface area is 121 Å². The van der Waals surface area contributed by atoms with Gasteiger partial charge in [0.2, 0.25) is 0 Å². The van der Waals surface area contributed by atoms with Gasteiger partial charge < -0.3 is 15.5 Å². The van der Waals surface area contributed by atoms with E-state index < -0.39 is 0 Å². The highest BCUT2D eigenvalue weighted by Gasteiger charge is 2.24. The quantitative estimate of drug-likeness (QED) is 0.792. The van der Waals surface area contributed by atoms with Crippen LogP contribution >= 0.6 is 0 Å². The molecule has 112 valence electrons. The number of pyridine rings is 1. The Balaban J connectivity index is 2.05. The average Bonchev–Trinajstić information content (AvgIpc) is 2.39. The molecule has 3 N–H and O–H groups in total. The predicted octanol–water partition coefficient (Wildman–Crippen LogP) is 2.50. The number of aromatic hydroxyl groups is 1. The lowest BCUT2D eigenvalue weighted by atomic mass is 9.80. The molecule has 1 aromatic heterocycles. The van der Waals surface area contributed by atoms with Crippen molar-refractivity contribution in [3.05, 3.63) is 23.0 Å². The molecule has 1 heterocycles. The second-order valence-corrected chi connectivity index (χ2v) is 6.35. The fourth-order valence-corrected chi connectivity index (χ4v) is 3.38. The summed E-state index contributed by atoms with van der Waals surface area (Å²) in [5, 5.41) is 23.0. The van der Waals surface area contributed by atoms with Crippen molar-refractivity contribution < 1.29 is 10.2 Å². The second kappa shape index (κ2) is 6.55. The number of aryl methyl sites for hydroxylation is 1. The van der Waals surface area contributed by atoms with Crippen molar-refractivity contribution in [2.75, 3.05) is 0 Å². The van der Waals surface area contributed by atoms with Gasteiger partial charge in [0.1, 0.15) is 5.75 Å². The summed E-state index contributed by atoms with van der Waals surface area (Å²) in [6, 6.07) is 0.494. The van der Waals surface area contributed by atoms with Gasteiger partial charge in [-0.3, -0.25) is 4.98 Å². The van der Waals surface area contributed by atoms with E-state index in [9.17, 15) is 10.2 Å². The van der Waals surface area contributed by atoms with Crippen LogP contribution in [0.1, 0.15) is 49.9 Å². The zero-order valence-electron chi connectivity index (χ0n) is 12.7. The molecule has 0 radical (unpaired) electrons. The molecule has 0 saturated heterocycles. The van der Waals surface area contributed by atoms with E-state index in [0.29, 0.717) is 23.8 Å². The van der Waals surface area contributed by atoms with Gasteiger partial charge >= 0.3 is 0 Å². The van der Waals surface area contributed by atoms with Crippen molar-refractivity contribution in [3.63, 3.8) is 0 Å². The molecule has 20 heavy (non-hydrogen) atoms. The molecule has 2 unspecified atom stereocenters. The minimum Gasteiger partial charge on any atom is -0.506 e. The smallest absolute Gasteiger partial charge is 0.141 e. The first-order valence-corrected chi connectivity index (χ1v) is 7.51. The zero-order chi connectivity index (χ0) is 14.7. The lowest BCUT2D eigenvalue weighted by Crippen LogP contribution is -2.36. The normalized spacial score (nSPS) is 26.7. The number of hydrogen-bond acceptors (Lipinski definition) is 4. The number of aliphatic hydroxyl groups excluding tert-OH is 1. The summed E-state index contributed by atoms with van der Waals surface area (Å²) in [5.41, 5.74) is 2.10. The van der Waals surface area contributed by atoms with E-state index in [4.69, 9.17) is 0 Å². The standard InChI is InChI=1S/C16H26N2O2/c1-10-4-11(2)6-14(5-10)18-8-15-13(9-19)7-17-12(3)16(15)20/h7,10-11,14,18-20H,4-6,8-9H2,1-3H3. The Morgan fingerprint density at radius 1 is 1.25 bits per heavy atom. The van der Waals surface area contributed by atoms with E-state index in [1.165, 1.54) is 19.3 Å². The fourth-order valence-electron chi connectivity index (χ4n) is 3.38. The molecule has 1 aliphatic carbocycles. The van der Waals surface area contributed by atoms with Crippen molar-refractivity contribution in [3.8, 4) is 5.75 Å². The molecule has 0 aliphatic heterocycles. The van der Waals surface area contributed by atoms with Crippen LogP contribution in [0.25, 0.3) is 0 Å². The predicted molar refractivity (Wildman–Crippen MR) is 79.4 cm³/mol. The molecule has 1 aliphatic rings. The van der Waals surface area contributed by atoms with Crippen LogP contribution in [-0.2, 0) is 13.2 Å². The minimum atomic E-state index is -0.0880. The molecule has 2 atom stereocenters. The van der Waals surface area contributed by atoms with Crippen LogP contribution < -0.4 is 5.32 Å². The van der Waals surface area contributed by atoms with Gasteiger partial charge in [-0.1, -0.05) is 13.8 Å². The number of nitrogens with one attached hydrogen (secondary N) is 1. The topological polar surface area (TPSA) is 65.4 Å². The third kappa shape index (κ3) is 3.49. The summed E-state index contributed by atoms with van der Waals surface area (Å²) in [6.45, 7) is 6.89. The number of aromatic nitrogens is 1. The highest BCUT2D eigenvalue weighted by Crippen LogP contribution is 2.29. The molecule has 1 fully saturated rings. The van der Waals surface area contributed by atoms with Crippen molar-refractivity contribution in [1.82, 2.24) is 10.3 Å². The van der Waals surface area contributed by atoms with Crippen LogP contribution in [0, 0.1) is 18.8 Å². The Morgan fingerprint density at radius 3 is 2.50 bits per heavy atom. The van der Waals surface area contributed by atoms with Gasteiger partial charge in [0, 0.05) is 29.9 Å². The molecule has 4 heteroatoms. The molecule has 0 aromatic carbocycles. The summed E-state index contributed by atoms with van der Waals surface area (Å²) < 4.78 is 0. The van der Waals surface area contributed by atoms with Crippen LogP contribution in [0.5, 0.6) is 5.75 Å². The van der Waals surface area contributed by atoms with Crippen molar-refractivity contribution in [2.45, 2.75) is 59.2 Å². The number of hydrogen-bond donors (Lipinski definition) is 3. The maximum atomic E-state index is 10.1. The number of nitrogens with zero attached hydrogens (tertiary/aromatic N) is 1. The van der Waals surface area contributed by atoms with Crippen LogP contribution in [0.3, 0.4) is 0 Å². The number of rotatable bonds is 4. The van der Waals surface area contributed by atoms with Crippen LogP contribution in [0.4, 0.5) is 0 Å². The largest absolute Gasteiger partial charge is 0.506 e. The summed E-state index contributed by atoms with van der Waals surface area (Å²) >= 11 is 0. The van der Waals surface area contributed by atoms with E-state index in [-0.39, 0.29) is 12.4 Å². The SMILES string of the molecule is Cc1ncc(CO)c(CNC2CC(C)CC(C)C2)c1O. The van der Waals surface area contributed by atoms with E-state index in [1.54, 1.807) is 13.1 Å². The molecule has 2 rings (SSSR count). The molecule has 0 spiro atoms. The van der Waals surface area contributed by atoms with Gasteiger partial charge in [0.15, 0.2) is 0 Å². The van der Waals surface area contributed by atoms with Gasteiger partial charge in [0.25, 0.3) is 0 Å². The van der Waals surface area contributed by atoms with E-state index >= 15 is 0 Å². The van der Waals surface area contributed by atoms with Crippen molar-refractivity contribution in [1.29, 1.82) is 0 Å². The fraction of sp³-hybridized carbons (Fsp3) is 0.688. The third-order valence-electron chi connectivity index (χ3n) is 4.35. The molecule has 0 amide bonds. The first-order valence-electron chi connectivity index (χ1n) is 7.51. The first-order chi connectivity index (χ1) is 9.51. The first kappa shape index (κ1) is 15.3. The molecule has 0 bridgehead atoms. The van der Waals surface area contributed by atoms with Gasteiger partial charge in [-0.05, 0) is 38.0 Å². The maximum absolute atomic E-state index is 10.1. The summed E-state index contributed by atoms with van der Waals surface area (Å²) in [4.78, 5) is 4.09. The van der Waals surface area contributed by atoms with Gasteiger partial charge in [0.05, 0.1) is 12.3 Å². The molecular weight excluding hydrogens is 252 g/mol. The Bertz CT molecular complexity index is 452. The summed E-state index contributed by atoms with van der Waals surface area (Å²) in [6.07, 6.45) is 5.32. The molecule has 1 aromatic rings. The van der Waals surface area contributed by atoms with Crippen LogP contribution in [0.2, 0.25) is 0 Å². The summed E-state index contributed by atoms with van der Waals surface area (Å²) in [7, 11) is 0. The Kier molecular flexibility index (Phi) is 5.00. The van der Waals surface area contributed by atoms with E-state index in [1.807, 2.05) is 0 Å². The minimum absolute atomic E-state index is 0.0880. The highest BCUT2D eigenvalue weighted by molar-refractivity contribution is 5.40. The lowest BCUT2D eigenvalue weighted by Gasteiger charge is -2.32. The Morgan fingerprint density at radius 2 is 1.90 bits per heavy atom. The van der Waals surface area contributed by atoms with Crippen LogP contribution in [0.15, 0.2) is 6.20 Å². The van der Waals surface area contributed by atoms with E-state index in [2.05, 4.69) is 24.1 Å². The van der Waals surface area contributed by atoms with Crippen molar-refractivity contribution >= 4 is 0 Å². The zero-order valence-corrected chi connectivity index (χ0v) is 12.7. The average molecular weight is 278 g/mol. The van der Waals surface area contributed by atoms with Crippen molar-refractivity contribution in [2.24, 2.45) is 11.8 Å². The monoisotopic (exact) mass is 278 g/mol. The van der Waals surface area contributed by atoms with E-state index in [0.717, 1.165) is 17.4 Å². The molecular formula is C16H26N2O2.